The number of rotatable bonds is 3. The number of halogens is 3. The van der Waals surface area contributed by atoms with Crippen LogP contribution >= 0.6 is 0 Å². The highest BCUT2D eigenvalue weighted by atomic mass is 19.4. The quantitative estimate of drug-likeness (QED) is 0.864. The second-order valence-electron chi connectivity index (χ2n) is 5.40. The van der Waals surface area contributed by atoms with E-state index >= 15 is 0 Å². The van der Waals surface area contributed by atoms with Gasteiger partial charge < -0.3 is 5.32 Å². The van der Waals surface area contributed by atoms with Crippen molar-refractivity contribution in [2.45, 2.75) is 38.4 Å². The highest BCUT2D eigenvalue weighted by Crippen LogP contribution is 2.43. The lowest BCUT2D eigenvalue weighted by Crippen LogP contribution is -2.55. The summed E-state index contributed by atoms with van der Waals surface area (Å²) in [6.45, 7) is 4.87. The molecule has 0 spiro atoms. The van der Waals surface area contributed by atoms with Crippen LogP contribution in [0.3, 0.4) is 0 Å². The molecule has 1 nitrogen and oxygen atoms in total. The second kappa shape index (κ2) is 4.57. The highest BCUT2D eigenvalue weighted by molar-refractivity contribution is 5.37. The van der Waals surface area contributed by atoms with Crippen LogP contribution in [0.5, 0.6) is 0 Å². The molecular weight excluding hydrogens is 239 g/mol. The van der Waals surface area contributed by atoms with Gasteiger partial charge in [-0.2, -0.15) is 13.2 Å². The summed E-state index contributed by atoms with van der Waals surface area (Å²) in [6.07, 6.45) is -2.77. The van der Waals surface area contributed by atoms with Gasteiger partial charge in [-0.1, -0.05) is 32.0 Å². The molecule has 1 N–H and O–H groups in total. The minimum absolute atomic E-state index is 0.360. The van der Waals surface area contributed by atoms with Crippen molar-refractivity contribution < 1.29 is 13.2 Å². The molecule has 1 aliphatic rings. The Kier molecular flexibility index (Phi) is 3.41. The van der Waals surface area contributed by atoms with Crippen molar-refractivity contribution in [3.05, 3.63) is 35.4 Å². The smallest absolute Gasteiger partial charge is 0.307 e. The average molecular weight is 257 g/mol. The molecule has 1 atom stereocenters. The third kappa shape index (κ3) is 2.39. The predicted molar refractivity (Wildman–Crippen MR) is 65.2 cm³/mol. The summed E-state index contributed by atoms with van der Waals surface area (Å²) in [5.41, 5.74) is -0.587. The molecule has 1 fully saturated rings. The zero-order chi connectivity index (χ0) is 13.4. The maximum absolute atomic E-state index is 13.0. The molecule has 4 heteroatoms. The van der Waals surface area contributed by atoms with Gasteiger partial charge in [-0.25, -0.2) is 0 Å². The van der Waals surface area contributed by atoms with Gasteiger partial charge in [0, 0.05) is 5.54 Å². The van der Waals surface area contributed by atoms with E-state index in [0.717, 1.165) is 19.4 Å². The molecule has 1 aromatic carbocycles. The van der Waals surface area contributed by atoms with Gasteiger partial charge in [0.2, 0.25) is 0 Å². The molecule has 100 valence electrons. The SMILES string of the molecule is CC(C)CC1(c2ccccc2C(F)(F)F)CCN1. The lowest BCUT2D eigenvalue weighted by atomic mass is 9.73. The molecule has 1 heterocycles. The number of alkyl halides is 3. The maximum atomic E-state index is 13.0. The molecule has 0 amide bonds. The molecule has 1 aromatic rings. The second-order valence-corrected chi connectivity index (χ2v) is 5.40. The molecule has 0 aliphatic carbocycles. The van der Waals surface area contributed by atoms with E-state index in [2.05, 4.69) is 5.32 Å². The van der Waals surface area contributed by atoms with Gasteiger partial charge >= 0.3 is 6.18 Å². The van der Waals surface area contributed by atoms with E-state index in [1.54, 1.807) is 12.1 Å². The van der Waals surface area contributed by atoms with Crippen molar-refractivity contribution in [1.29, 1.82) is 0 Å². The Morgan fingerprint density at radius 1 is 1.28 bits per heavy atom. The van der Waals surface area contributed by atoms with Gasteiger partial charge in [0.05, 0.1) is 5.56 Å². The highest BCUT2D eigenvalue weighted by Gasteiger charge is 2.44. The van der Waals surface area contributed by atoms with Crippen molar-refractivity contribution in [3.63, 3.8) is 0 Å². The van der Waals surface area contributed by atoms with E-state index in [1.165, 1.54) is 12.1 Å². The number of hydrogen-bond acceptors (Lipinski definition) is 1. The summed E-state index contributed by atoms with van der Waals surface area (Å²) < 4.78 is 39.1. The Morgan fingerprint density at radius 2 is 1.89 bits per heavy atom. The molecule has 0 bridgehead atoms. The van der Waals surface area contributed by atoms with Crippen LogP contribution in [0.4, 0.5) is 13.2 Å². The Labute approximate surface area is 105 Å². The fourth-order valence-electron chi connectivity index (χ4n) is 2.79. The van der Waals surface area contributed by atoms with Gasteiger partial charge in [-0.3, -0.25) is 0 Å². The topological polar surface area (TPSA) is 12.0 Å². The number of hydrogen-bond donors (Lipinski definition) is 1. The van der Waals surface area contributed by atoms with Crippen molar-refractivity contribution in [2.24, 2.45) is 5.92 Å². The van der Waals surface area contributed by atoms with Crippen LogP contribution in [-0.2, 0) is 11.7 Å². The molecular formula is C14H18F3N. The first-order valence-corrected chi connectivity index (χ1v) is 6.27. The maximum Gasteiger partial charge on any atom is 0.416 e. The van der Waals surface area contributed by atoms with Crippen LogP contribution in [0, 0.1) is 5.92 Å². The van der Waals surface area contributed by atoms with Gasteiger partial charge in [-0.15, -0.1) is 0 Å². The molecule has 0 radical (unpaired) electrons. The Morgan fingerprint density at radius 3 is 2.33 bits per heavy atom. The van der Waals surface area contributed by atoms with E-state index in [0.29, 0.717) is 11.5 Å². The first kappa shape index (κ1) is 13.4. The largest absolute Gasteiger partial charge is 0.416 e. The van der Waals surface area contributed by atoms with Crippen molar-refractivity contribution in [1.82, 2.24) is 5.32 Å². The summed E-state index contributed by atoms with van der Waals surface area (Å²) in [5.74, 6) is 0.360. The third-order valence-corrected chi connectivity index (χ3v) is 3.52. The summed E-state index contributed by atoms with van der Waals surface area (Å²) in [4.78, 5) is 0. The molecule has 1 saturated heterocycles. The van der Waals surface area contributed by atoms with Crippen LogP contribution < -0.4 is 5.32 Å². The molecule has 2 rings (SSSR count). The zero-order valence-corrected chi connectivity index (χ0v) is 10.6. The van der Waals surface area contributed by atoms with Gasteiger partial charge in [0.15, 0.2) is 0 Å². The Hall–Kier alpha value is -1.03. The fraction of sp³-hybridized carbons (Fsp3) is 0.571. The number of benzene rings is 1. The van der Waals surface area contributed by atoms with Crippen LogP contribution in [0.25, 0.3) is 0 Å². The van der Waals surface area contributed by atoms with E-state index in [9.17, 15) is 13.2 Å². The lowest BCUT2D eigenvalue weighted by molar-refractivity contribution is -0.139. The monoisotopic (exact) mass is 257 g/mol. The molecule has 0 aromatic heterocycles. The first-order valence-electron chi connectivity index (χ1n) is 6.27. The molecule has 18 heavy (non-hydrogen) atoms. The third-order valence-electron chi connectivity index (χ3n) is 3.52. The summed E-state index contributed by atoms with van der Waals surface area (Å²) >= 11 is 0. The molecule has 0 saturated carbocycles. The van der Waals surface area contributed by atoms with Crippen molar-refractivity contribution in [3.8, 4) is 0 Å². The molecule has 1 unspecified atom stereocenters. The van der Waals surface area contributed by atoms with Crippen LogP contribution in [0.1, 0.15) is 37.8 Å². The summed E-state index contributed by atoms with van der Waals surface area (Å²) in [6, 6.07) is 5.93. The molecule has 1 aliphatic heterocycles. The minimum atomic E-state index is -4.28. The fourth-order valence-corrected chi connectivity index (χ4v) is 2.79. The van der Waals surface area contributed by atoms with Crippen LogP contribution in [0.15, 0.2) is 24.3 Å². The van der Waals surface area contributed by atoms with E-state index in [4.69, 9.17) is 0 Å². The first-order chi connectivity index (χ1) is 8.35. The lowest BCUT2D eigenvalue weighted by Gasteiger charge is -2.46. The van der Waals surface area contributed by atoms with Gasteiger partial charge in [0.25, 0.3) is 0 Å². The van der Waals surface area contributed by atoms with E-state index < -0.39 is 17.3 Å². The minimum Gasteiger partial charge on any atom is -0.307 e. The summed E-state index contributed by atoms with van der Waals surface area (Å²) in [7, 11) is 0. The van der Waals surface area contributed by atoms with Crippen molar-refractivity contribution >= 4 is 0 Å². The van der Waals surface area contributed by atoms with Crippen LogP contribution in [0.2, 0.25) is 0 Å². The van der Waals surface area contributed by atoms with Gasteiger partial charge in [-0.05, 0) is 36.9 Å². The Balaban J connectivity index is 2.43. The van der Waals surface area contributed by atoms with E-state index in [1.807, 2.05) is 13.8 Å². The van der Waals surface area contributed by atoms with Gasteiger partial charge in [0.1, 0.15) is 0 Å². The Bertz CT molecular complexity index is 419. The van der Waals surface area contributed by atoms with Crippen molar-refractivity contribution in [2.75, 3.05) is 6.54 Å². The average Bonchev–Trinajstić information content (AvgIpc) is 2.22. The standard InChI is InChI=1S/C14H18F3N/c1-10(2)9-13(7-8-18-13)11-5-3-4-6-12(11)14(15,16)17/h3-6,10,18H,7-9H2,1-2H3. The van der Waals surface area contributed by atoms with Crippen LogP contribution in [-0.4, -0.2) is 6.54 Å². The normalized spacial score (nSPS) is 24.1. The zero-order valence-electron chi connectivity index (χ0n) is 10.6. The van der Waals surface area contributed by atoms with E-state index in [-0.39, 0.29) is 0 Å². The predicted octanol–water partition coefficient (Wildman–Crippen LogP) is 3.94. The summed E-state index contributed by atoms with van der Waals surface area (Å²) in [5, 5.41) is 3.22. The number of nitrogens with one attached hydrogen (secondary N) is 1.